The van der Waals surface area contributed by atoms with Crippen molar-refractivity contribution in [2.45, 2.75) is 6.54 Å². The van der Waals surface area contributed by atoms with Crippen molar-refractivity contribution in [3.05, 3.63) is 74.1 Å². The molecule has 0 unspecified atom stereocenters. The SMILES string of the molecule is COc1ccccc1C(=O)NCc1ccc(C(=O)c2cccs2)s1. The Morgan fingerprint density at radius 2 is 1.88 bits per heavy atom. The lowest BCUT2D eigenvalue weighted by molar-refractivity contribution is 0.0947. The summed E-state index contributed by atoms with van der Waals surface area (Å²) in [5.41, 5.74) is 0.492. The molecule has 0 saturated carbocycles. The Hall–Kier alpha value is -2.44. The number of benzene rings is 1. The molecule has 0 atom stereocenters. The molecular weight excluding hydrogens is 342 g/mol. The molecule has 0 fully saturated rings. The average molecular weight is 357 g/mol. The largest absolute Gasteiger partial charge is 0.496 e. The molecule has 0 spiro atoms. The molecular formula is C18H15NO3S2. The van der Waals surface area contributed by atoms with E-state index in [0.29, 0.717) is 22.7 Å². The van der Waals surface area contributed by atoms with Gasteiger partial charge in [-0.25, -0.2) is 0 Å². The second-order valence-electron chi connectivity index (χ2n) is 4.96. The lowest BCUT2D eigenvalue weighted by Gasteiger charge is -2.08. The molecule has 1 amide bonds. The highest BCUT2D eigenvalue weighted by Crippen LogP contribution is 2.23. The van der Waals surface area contributed by atoms with Crippen LogP contribution in [-0.2, 0) is 6.54 Å². The topological polar surface area (TPSA) is 55.4 Å². The molecule has 3 rings (SSSR count). The molecule has 3 aromatic rings. The van der Waals surface area contributed by atoms with Gasteiger partial charge < -0.3 is 10.1 Å². The Morgan fingerprint density at radius 3 is 2.62 bits per heavy atom. The summed E-state index contributed by atoms with van der Waals surface area (Å²) in [6.07, 6.45) is 0. The zero-order valence-electron chi connectivity index (χ0n) is 12.9. The molecule has 0 aliphatic carbocycles. The van der Waals surface area contributed by atoms with E-state index in [1.54, 1.807) is 24.3 Å². The maximum Gasteiger partial charge on any atom is 0.255 e. The Kier molecular flexibility index (Phi) is 5.08. The Balaban J connectivity index is 1.65. The number of thiophene rings is 2. The summed E-state index contributed by atoms with van der Waals surface area (Å²) in [5.74, 6) is 0.360. The molecule has 0 bridgehead atoms. The standard InChI is InChI=1S/C18H15NO3S2/c1-22-14-6-3-2-5-13(14)18(21)19-11-12-8-9-16(24-12)17(20)15-7-4-10-23-15/h2-10H,11H2,1H3,(H,19,21). The van der Waals surface area contributed by atoms with Gasteiger partial charge in [-0.2, -0.15) is 0 Å². The Morgan fingerprint density at radius 1 is 1.04 bits per heavy atom. The summed E-state index contributed by atoms with van der Waals surface area (Å²) in [7, 11) is 1.54. The fourth-order valence-corrected chi connectivity index (χ4v) is 3.86. The van der Waals surface area contributed by atoms with Gasteiger partial charge >= 0.3 is 0 Å². The van der Waals surface area contributed by atoms with E-state index < -0.39 is 0 Å². The molecule has 0 aliphatic heterocycles. The third-order valence-electron chi connectivity index (χ3n) is 3.41. The number of carbonyl (C=O) groups is 2. The number of amides is 1. The van der Waals surface area contributed by atoms with Crippen LogP contribution in [0.2, 0.25) is 0 Å². The zero-order chi connectivity index (χ0) is 16.9. The van der Waals surface area contributed by atoms with Gasteiger partial charge in [0.25, 0.3) is 5.91 Å². The van der Waals surface area contributed by atoms with Gasteiger partial charge in [0, 0.05) is 4.88 Å². The van der Waals surface area contributed by atoms with Crippen LogP contribution >= 0.6 is 22.7 Å². The van der Waals surface area contributed by atoms with Gasteiger partial charge in [0.1, 0.15) is 5.75 Å². The summed E-state index contributed by atoms with van der Waals surface area (Å²) in [5, 5.41) is 4.74. The zero-order valence-corrected chi connectivity index (χ0v) is 14.6. The lowest BCUT2D eigenvalue weighted by Crippen LogP contribution is -2.22. The maximum absolute atomic E-state index is 12.3. The first-order chi connectivity index (χ1) is 11.7. The second kappa shape index (κ2) is 7.42. The second-order valence-corrected chi connectivity index (χ2v) is 7.07. The van der Waals surface area contributed by atoms with E-state index in [9.17, 15) is 9.59 Å². The molecule has 6 heteroatoms. The monoisotopic (exact) mass is 357 g/mol. The van der Waals surface area contributed by atoms with Crippen LogP contribution in [0.3, 0.4) is 0 Å². The number of ether oxygens (including phenoxy) is 1. The predicted octanol–water partition coefficient (Wildman–Crippen LogP) is 3.98. The minimum Gasteiger partial charge on any atom is -0.496 e. The molecule has 2 heterocycles. The molecule has 24 heavy (non-hydrogen) atoms. The Labute approximate surface area is 147 Å². The van der Waals surface area contributed by atoms with Crippen molar-refractivity contribution in [3.63, 3.8) is 0 Å². The summed E-state index contributed by atoms with van der Waals surface area (Å²) in [4.78, 5) is 26.9. The first-order valence-corrected chi connectivity index (χ1v) is 8.97. The van der Waals surface area contributed by atoms with Gasteiger partial charge in [0.05, 0.1) is 29.0 Å². The van der Waals surface area contributed by atoms with Gasteiger partial charge in [-0.3, -0.25) is 9.59 Å². The van der Waals surface area contributed by atoms with Crippen molar-refractivity contribution in [2.75, 3.05) is 7.11 Å². The molecule has 1 aromatic carbocycles. The van der Waals surface area contributed by atoms with Crippen molar-refractivity contribution in [2.24, 2.45) is 0 Å². The highest BCUT2D eigenvalue weighted by Gasteiger charge is 2.14. The molecule has 1 N–H and O–H groups in total. The van der Waals surface area contributed by atoms with Crippen molar-refractivity contribution < 1.29 is 14.3 Å². The smallest absolute Gasteiger partial charge is 0.255 e. The molecule has 122 valence electrons. The van der Waals surface area contributed by atoms with Crippen LogP contribution in [0, 0.1) is 0 Å². The summed E-state index contributed by atoms with van der Waals surface area (Å²) >= 11 is 2.83. The van der Waals surface area contributed by atoms with Crippen LogP contribution in [0.1, 0.15) is 29.8 Å². The third kappa shape index (κ3) is 3.55. The van der Waals surface area contributed by atoms with Gasteiger partial charge in [0.15, 0.2) is 0 Å². The van der Waals surface area contributed by atoms with E-state index in [1.807, 2.05) is 29.6 Å². The van der Waals surface area contributed by atoms with E-state index in [4.69, 9.17) is 4.74 Å². The maximum atomic E-state index is 12.3. The minimum absolute atomic E-state index is 0.0253. The van der Waals surface area contributed by atoms with Gasteiger partial charge in [-0.1, -0.05) is 18.2 Å². The van der Waals surface area contributed by atoms with Crippen LogP contribution < -0.4 is 10.1 Å². The number of methoxy groups -OCH3 is 1. The van der Waals surface area contributed by atoms with Crippen molar-refractivity contribution >= 4 is 34.4 Å². The number of nitrogens with one attached hydrogen (secondary N) is 1. The van der Waals surface area contributed by atoms with E-state index in [-0.39, 0.29) is 11.7 Å². The number of hydrogen-bond acceptors (Lipinski definition) is 5. The first-order valence-electron chi connectivity index (χ1n) is 7.27. The molecule has 4 nitrogen and oxygen atoms in total. The number of carbonyl (C=O) groups excluding carboxylic acids is 2. The number of ketones is 1. The van der Waals surface area contributed by atoms with Gasteiger partial charge in [-0.15, -0.1) is 22.7 Å². The van der Waals surface area contributed by atoms with E-state index in [1.165, 1.54) is 29.8 Å². The molecule has 0 aliphatic rings. The van der Waals surface area contributed by atoms with Crippen molar-refractivity contribution in [1.82, 2.24) is 5.32 Å². The van der Waals surface area contributed by atoms with E-state index in [2.05, 4.69) is 5.32 Å². The normalized spacial score (nSPS) is 10.4. The van der Waals surface area contributed by atoms with Gasteiger partial charge in [0.2, 0.25) is 5.78 Å². The molecule has 0 radical (unpaired) electrons. The lowest BCUT2D eigenvalue weighted by atomic mass is 10.2. The van der Waals surface area contributed by atoms with Crippen LogP contribution in [0.5, 0.6) is 5.75 Å². The highest BCUT2D eigenvalue weighted by molar-refractivity contribution is 7.16. The van der Waals surface area contributed by atoms with E-state index >= 15 is 0 Å². The summed E-state index contributed by atoms with van der Waals surface area (Å²) in [6.45, 7) is 0.374. The average Bonchev–Trinajstić information content (AvgIpc) is 3.30. The summed E-state index contributed by atoms with van der Waals surface area (Å²) < 4.78 is 5.19. The number of para-hydroxylation sites is 1. The first kappa shape index (κ1) is 16.4. The van der Waals surface area contributed by atoms with Crippen molar-refractivity contribution in [1.29, 1.82) is 0 Å². The Bertz CT molecular complexity index is 853. The minimum atomic E-state index is -0.202. The van der Waals surface area contributed by atoms with Crippen LogP contribution in [0.15, 0.2) is 53.9 Å². The number of rotatable bonds is 6. The van der Waals surface area contributed by atoms with E-state index in [0.717, 1.165) is 9.75 Å². The van der Waals surface area contributed by atoms with Crippen LogP contribution in [0.25, 0.3) is 0 Å². The van der Waals surface area contributed by atoms with Crippen molar-refractivity contribution in [3.8, 4) is 5.75 Å². The number of hydrogen-bond donors (Lipinski definition) is 1. The molecule has 0 saturated heterocycles. The van der Waals surface area contributed by atoms with Crippen LogP contribution in [0.4, 0.5) is 0 Å². The third-order valence-corrected chi connectivity index (χ3v) is 5.36. The van der Waals surface area contributed by atoms with Crippen LogP contribution in [-0.4, -0.2) is 18.8 Å². The highest BCUT2D eigenvalue weighted by atomic mass is 32.1. The molecule has 2 aromatic heterocycles. The fraction of sp³-hybridized carbons (Fsp3) is 0.111. The summed E-state index contributed by atoms with van der Waals surface area (Å²) in [6, 6.07) is 14.4. The fourth-order valence-electron chi connectivity index (χ4n) is 2.22. The quantitative estimate of drug-likeness (QED) is 0.679. The van der Waals surface area contributed by atoms with Gasteiger partial charge in [-0.05, 0) is 35.7 Å². The predicted molar refractivity (Wildman–Crippen MR) is 96.2 cm³/mol.